The van der Waals surface area contributed by atoms with Gasteiger partial charge >= 0.3 is 17.9 Å². The molecule has 1 atom stereocenters. The molecule has 0 radical (unpaired) electrons. The van der Waals surface area contributed by atoms with Gasteiger partial charge < -0.3 is 14.2 Å². The molecule has 6 nitrogen and oxygen atoms in total. The average Bonchev–Trinajstić information content (AvgIpc) is 3.17. The van der Waals surface area contributed by atoms with E-state index in [1.165, 1.54) is 116 Å². The van der Waals surface area contributed by atoms with Gasteiger partial charge in [-0.05, 0) is 51.4 Å². The fraction of sp³-hybridized carbons (Fsp3) is 0.854. The molecule has 0 rings (SSSR count). The van der Waals surface area contributed by atoms with E-state index in [4.69, 9.17) is 14.2 Å². The number of carbonyl (C=O) groups excluding carboxylic acids is 3. The lowest BCUT2D eigenvalue weighted by atomic mass is 10.0. The van der Waals surface area contributed by atoms with E-state index in [0.717, 1.165) is 89.9 Å². The first-order valence-electron chi connectivity index (χ1n) is 23.3. The van der Waals surface area contributed by atoms with E-state index < -0.39 is 6.10 Å². The number of carbonyl (C=O) groups is 3. The van der Waals surface area contributed by atoms with Crippen molar-refractivity contribution >= 4 is 17.9 Å². The van der Waals surface area contributed by atoms with Gasteiger partial charge in [0.2, 0.25) is 0 Å². The third-order valence-corrected chi connectivity index (χ3v) is 10.2. The molecule has 0 aromatic heterocycles. The Bertz CT molecular complexity index is 880. The Morgan fingerprint density at radius 3 is 1.06 bits per heavy atom. The van der Waals surface area contributed by atoms with Crippen LogP contribution in [0.1, 0.15) is 245 Å². The summed E-state index contributed by atoms with van der Waals surface area (Å²) < 4.78 is 16.6. The zero-order valence-electron chi connectivity index (χ0n) is 36.0. The second-order valence-corrected chi connectivity index (χ2v) is 15.7. The zero-order chi connectivity index (χ0) is 39.4. The molecule has 0 aliphatic carbocycles. The molecule has 0 heterocycles. The van der Waals surface area contributed by atoms with E-state index in [0.29, 0.717) is 19.3 Å². The zero-order valence-corrected chi connectivity index (χ0v) is 36.0. The van der Waals surface area contributed by atoms with Gasteiger partial charge in [-0.2, -0.15) is 0 Å². The van der Waals surface area contributed by atoms with E-state index >= 15 is 0 Å². The fourth-order valence-corrected chi connectivity index (χ4v) is 6.65. The van der Waals surface area contributed by atoms with Crippen LogP contribution < -0.4 is 0 Å². The molecule has 0 aliphatic rings. The van der Waals surface area contributed by atoms with Crippen LogP contribution >= 0.6 is 0 Å². The quantitative estimate of drug-likeness (QED) is 0.0267. The second-order valence-electron chi connectivity index (χ2n) is 15.7. The maximum atomic E-state index is 12.7. The first-order valence-corrected chi connectivity index (χ1v) is 23.3. The third-order valence-electron chi connectivity index (χ3n) is 10.2. The van der Waals surface area contributed by atoms with Gasteiger partial charge in [-0.3, -0.25) is 14.4 Å². The maximum Gasteiger partial charge on any atom is 0.306 e. The highest BCUT2D eigenvalue weighted by molar-refractivity contribution is 5.71. The van der Waals surface area contributed by atoms with Crippen LogP contribution in [0.5, 0.6) is 0 Å². The van der Waals surface area contributed by atoms with Crippen LogP contribution in [0.2, 0.25) is 0 Å². The Hall–Kier alpha value is -2.11. The van der Waals surface area contributed by atoms with E-state index in [1.807, 2.05) is 0 Å². The van der Waals surface area contributed by atoms with Crippen molar-refractivity contribution in [1.29, 1.82) is 0 Å². The number of rotatable bonds is 42. The summed E-state index contributed by atoms with van der Waals surface area (Å²) in [5.41, 5.74) is 0. The molecule has 1 unspecified atom stereocenters. The Kier molecular flexibility index (Phi) is 41.9. The summed E-state index contributed by atoms with van der Waals surface area (Å²) in [7, 11) is 0. The minimum absolute atomic E-state index is 0.0740. The minimum Gasteiger partial charge on any atom is -0.462 e. The van der Waals surface area contributed by atoms with Crippen molar-refractivity contribution in [3.63, 3.8) is 0 Å². The minimum atomic E-state index is -0.769. The first kappa shape index (κ1) is 51.9. The van der Waals surface area contributed by atoms with Crippen LogP contribution in [0.15, 0.2) is 24.3 Å². The van der Waals surface area contributed by atoms with Crippen LogP contribution in [0.4, 0.5) is 0 Å². The molecule has 0 bridgehead atoms. The van der Waals surface area contributed by atoms with Crippen LogP contribution in [-0.4, -0.2) is 37.2 Å². The van der Waals surface area contributed by atoms with Gasteiger partial charge in [0, 0.05) is 19.3 Å². The largest absolute Gasteiger partial charge is 0.462 e. The summed E-state index contributed by atoms with van der Waals surface area (Å²) in [5, 5.41) is 0. The topological polar surface area (TPSA) is 78.9 Å². The molecule has 0 aliphatic heterocycles. The van der Waals surface area contributed by atoms with Crippen LogP contribution in [-0.2, 0) is 28.6 Å². The van der Waals surface area contributed by atoms with Gasteiger partial charge in [-0.25, -0.2) is 0 Å². The van der Waals surface area contributed by atoms with Gasteiger partial charge in [-0.15, -0.1) is 0 Å². The number of hydrogen-bond donors (Lipinski definition) is 0. The van der Waals surface area contributed by atoms with Gasteiger partial charge in [0.05, 0.1) is 0 Å². The summed E-state index contributed by atoms with van der Waals surface area (Å²) in [6.45, 7) is 6.53. The molecule has 0 N–H and O–H groups in total. The fourth-order valence-electron chi connectivity index (χ4n) is 6.65. The van der Waals surface area contributed by atoms with Crippen molar-refractivity contribution < 1.29 is 28.6 Å². The summed E-state index contributed by atoms with van der Waals surface area (Å²) >= 11 is 0. The van der Waals surface area contributed by atoms with E-state index in [2.05, 4.69) is 45.1 Å². The lowest BCUT2D eigenvalue weighted by Crippen LogP contribution is -2.30. The van der Waals surface area contributed by atoms with Crippen LogP contribution in [0.25, 0.3) is 0 Å². The van der Waals surface area contributed by atoms with Crippen molar-refractivity contribution in [2.75, 3.05) is 13.2 Å². The Morgan fingerprint density at radius 1 is 0.370 bits per heavy atom. The molecule has 6 heteroatoms. The molecule has 0 spiro atoms. The van der Waals surface area contributed by atoms with Crippen LogP contribution in [0.3, 0.4) is 0 Å². The summed E-state index contributed by atoms with van der Waals surface area (Å²) in [6, 6.07) is 0. The molecular weight excluding hydrogens is 673 g/mol. The summed E-state index contributed by atoms with van der Waals surface area (Å²) in [5.74, 6) is -0.895. The van der Waals surface area contributed by atoms with Crippen molar-refractivity contribution in [2.24, 2.45) is 0 Å². The van der Waals surface area contributed by atoms with E-state index in [9.17, 15) is 14.4 Å². The van der Waals surface area contributed by atoms with Crippen molar-refractivity contribution in [3.05, 3.63) is 24.3 Å². The standard InChI is InChI=1S/C48H88O6/c1-4-7-10-13-15-17-19-21-23-25-26-28-30-32-35-38-41-47(50)53-44-45(43-52-46(49)40-37-34-12-9-6-3)54-48(51)42-39-36-33-31-29-27-24-22-20-18-16-14-11-8-5-2/h16,18,22,24,45H,4-15,17,19-21,23,25-44H2,1-3H3/b18-16-,24-22-. The monoisotopic (exact) mass is 761 g/mol. The van der Waals surface area contributed by atoms with Crippen molar-refractivity contribution in [2.45, 2.75) is 252 Å². The molecule has 0 amide bonds. The third kappa shape index (κ3) is 41.1. The molecule has 0 aromatic rings. The van der Waals surface area contributed by atoms with Gasteiger partial charge in [0.15, 0.2) is 6.10 Å². The summed E-state index contributed by atoms with van der Waals surface area (Å²) in [4.78, 5) is 37.5. The number of allylic oxidation sites excluding steroid dienone is 4. The molecule has 0 fully saturated rings. The lowest BCUT2D eigenvalue weighted by molar-refractivity contribution is -0.167. The SMILES string of the molecule is CCCCC/C=C\C/C=C\CCCCCCCC(=O)OC(COC(=O)CCCCCCC)COC(=O)CCCCCCCCCCCCCCCCCC. The highest BCUT2D eigenvalue weighted by atomic mass is 16.6. The Balaban J connectivity index is 4.20. The maximum absolute atomic E-state index is 12.7. The number of unbranched alkanes of at least 4 members (excludes halogenated alkanes) is 27. The van der Waals surface area contributed by atoms with Crippen molar-refractivity contribution in [3.8, 4) is 0 Å². The number of ether oxygens (including phenoxy) is 3. The smallest absolute Gasteiger partial charge is 0.306 e. The molecular formula is C48H88O6. The molecule has 316 valence electrons. The molecule has 0 aromatic carbocycles. The first-order chi connectivity index (χ1) is 26.5. The average molecular weight is 761 g/mol. The van der Waals surface area contributed by atoms with Gasteiger partial charge in [-0.1, -0.05) is 199 Å². The van der Waals surface area contributed by atoms with Gasteiger partial charge in [0.25, 0.3) is 0 Å². The Labute approximate surface area is 334 Å². The second kappa shape index (κ2) is 43.6. The molecule has 54 heavy (non-hydrogen) atoms. The van der Waals surface area contributed by atoms with Crippen LogP contribution in [0, 0.1) is 0 Å². The normalized spacial score (nSPS) is 12.1. The van der Waals surface area contributed by atoms with Crippen molar-refractivity contribution in [1.82, 2.24) is 0 Å². The number of hydrogen-bond acceptors (Lipinski definition) is 6. The molecule has 0 saturated heterocycles. The lowest BCUT2D eigenvalue weighted by Gasteiger charge is -2.18. The predicted molar refractivity (Wildman–Crippen MR) is 229 cm³/mol. The number of esters is 3. The molecule has 0 saturated carbocycles. The van der Waals surface area contributed by atoms with E-state index in [1.54, 1.807) is 0 Å². The van der Waals surface area contributed by atoms with E-state index in [-0.39, 0.29) is 31.1 Å². The highest BCUT2D eigenvalue weighted by Gasteiger charge is 2.19. The summed E-state index contributed by atoms with van der Waals surface area (Å²) in [6.07, 6.45) is 47.6. The Morgan fingerprint density at radius 2 is 0.667 bits per heavy atom. The highest BCUT2D eigenvalue weighted by Crippen LogP contribution is 2.15. The predicted octanol–water partition coefficient (Wildman–Crippen LogP) is 14.8. The van der Waals surface area contributed by atoms with Gasteiger partial charge in [0.1, 0.15) is 13.2 Å².